The summed E-state index contributed by atoms with van der Waals surface area (Å²) in [6.07, 6.45) is 8.64. The van der Waals surface area contributed by atoms with Gasteiger partial charge in [0.1, 0.15) is 17.4 Å². The first-order chi connectivity index (χ1) is 12.9. The van der Waals surface area contributed by atoms with Crippen molar-refractivity contribution >= 4 is 11.8 Å². The van der Waals surface area contributed by atoms with Gasteiger partial charge in [-0.15, -0.1) is 0 Å². The van der Waals surface area contributed by atoms with Gasteiger partial charge in [-0.3, -0.25) is 14.4 Å². The number of hydrogen-bond acceptors (Lipinski definition) is 4. The highest BCUT2D eigenvalue weighted by atomic mass is 16.2. The normalized spacial score (nSPS) is 32.1. The molecule has 4 fully saturated rings. The zero-order valence-electron chi connectivity index (χ0n) is 16.0. The molecule has 0 aliphatic heterocycles. The summed E-state index contributed by atoms with van der Waals surface area (Å²) >= 11 is 0. The largest absolute Gasteiger partial charge is 0.355 e. The van der Waals surface area contributed by atoms with Gasteiger partial charge in [0.15, 0.2) is 0 Å². The van der Waals surface area contributed by atoms with Crippen LogP contribution in [0.15, 0.2) is 11.0 Å². The Kier molecular flexibility index (Phi) is 4.56. The van der Waals surface area contributed by atoms with Crippen molar-refractivity contribution in [2.24, 2.45) is 17.8 Å². The number of carbonyl (C=O) groups excluding carboxylic acids is 2. The minimum absolute atomic E-state index is 0.0166. The number of H-pyrrole nitrogens is 1. The molecule has 0 unspecified atom stereocenters. The average Bonchev–Trinajstić information content (AvgIpc) is 2.60. The zero-order valence-corrected chi connectivity index (χ0v) is 16.0. The molecule has 4 aliphatic carbocycles. The lowest BCUT2D eigenvalue weighted by molar-refractivity contribution is -0.122. The van der Waals surface area contributed by atoms with E-state index in [-0.39, 0.29) is 16.9 Å². The number of carbonyl (C=O) groups is 2. The van der Waals surface area contributed by atoms with Crippen LogP contribution < -0.4 is 16.2 Å². The monoisotopic (exact) mass is 372 g/mol. The van der Waals surface area contributed by atoms with Crippen LogP contribution in [0.1, 0.15) is 68.6 Å². The van der Waals surface area contributed by atoms with Crippen LogP contribution in [-0.4, -0.2) is 34.4 Å². The third-order valence-electron chi connectivity index (χ3n) is 6.68. The molecular formula is C20H28N4O3. The van der Waals surface area contributed by atoms with Crippen molar-refractivity contribution in [2.75, 3.05) is 6.54 Å². The second-order valence-corrected chi connectivity index (χ2v) is 8.76. The number of likely N-dealkylation sites (N-methyl/N-ethyl adjacent to an activating group) is 1. The quantitative estimate of drug-likeness (QED) is 0.728. The Hall–Kier alpha value is -2.18. The molecule has 0 spiro atoms. The van der Waals surface area contributed by atoms with Crippen molar-refractivity contribution in [2.45, 2.75) is 63.8 Å². The molecule has 146 valence electrons. The molecule has 4 aliphatic rings. The van der Waals surface area contributed by atoms with Gasteiger partial charge in [0.25, 0.3) is 11.5 Å². The standard InChI is InChI=1S/C20H28N4O3/c1-3-21-16(25)11(2)23-17(26)15-10-22-19(24-18(15)27)20-7-12-4-13(8-20)6-14(5-12)9-20/h10-14H,3-9H2,1-2H3,(H,21,25)(H,23,26)(H,22,24,27)/t11-,12?,13?,14?,20?/m0/s1. The van der Waals surface area contributed by atoms with Gasteiger partial charge in [-0.25, -0.2) is 4.98 Å². The molecule has 2 amide bonds. The maximum atomic E-state index is 12.6. The number of rotatable bonds is 5. The van der Waals surface area contributed by atoms with Gasteiger partial charge in [0, 0.05) is 18.2 Å². The summed E-state index contributed by atoms with van der Waals surface area (Å²) in [5.74, 6) is 2.16. The second kappa shape index (κ2) is 6.77. The Balaban J connectivity index is 1.52. The summed E-state index contributed by atoms with van der Waals surface area (Å²) in [6.45, 7) is 3.89. The van der Waals surface area contributed by atoms with Crippen LogP contribution in [0.25, 0.3) is 0 Å². The van der Waals surface area contributed by atoms with E-state index in [0.29, 0.717) is 6.54 Å². The Labute approximate surface area is 158 Å². The molecule has 0 aromatic carbocycles. The molecule has 0 radical (unpaired) electrons. The molecule has 4 bridgehead atoms. The van der Waals surface area contributed by atoms with Crippen molar-refractivity contribution in [3.05, 3.63) is 27.9 Å². The molecule has 1 aromatic heterocycles. The van der Waals surface area contributed by atoms with Gasteiger partial charge in [0.2, 0.25) is 5.91 Å². The zero-order chi connectivity index (χ0) is 19.2. The summed E-state index contributed by atoms with van der Waals surface area (Å²) in [6, 6.07) is -0.709. The Morgan fingerprint density at radius 2 is 1.81 bits per heavy atom. The lowest BCUT2D eigenvalue weighted by atomic mass is 9.49. The third-order valence-corrected chi connectivity index (χ3v) is 6.68. The topological polar surface area (TPSA) is 104 Å². The third kappa shape index (κ3) is 3.28. The average molecular weight is 372 g/mol. The smallest absolute Gasteiger partial charge is 0.263 e. The lowest BCUT2D eigenvalue weighted by Crippen LogP contribution is -2.50. The van der Waals surface area contributed by atoms with Crippen LogP contribution >= 0.6 is 0 Å². The molecule has 4 saturated carbocycles. The summed E-state index contributed by atoms with van der Waals surface area (Å²) < 4.78 is 0. The van der Waals surface area contributed by atoms with Crippen molar-refractivity contribution in [3.63, 3.8) is 0 Å². The minimum atomic E-state index is -0.709. The Morgan fingerprint density at radius 1 is 1.22 bits per heavy atom. The van der Waals surface area contributed by atoms with E-state index in [1.54, 1.807) is 6.92 Å². The highest BCUT2D eigenvalue weighted by Crippen LogP contribution is 2.59. The van der Waals surface area contributed by atoms with Crippen molar-refractivity contribution in [1.82, 2.24) is 20.6 Å². The van der Waals surface area contributed by atoms with E-state index in [9.17, 15) is 14.4 Å². The Morgan fingerprint density at radius 3 is 2.33 bits per heavy atom. The van der Waals surface area contributed by atoms with E-state index in [4.69, 9.17) is 0 Å². The lowest BCUT2D eigenvalue weighted by Gasteiger charge is -2.56. The highest BCUT2D eigenvalue weighted by molar-refractivity contribution is 5.96. The molecule has 7 heteroatoms. The first-order valence-electron chi connectivity index (χ1n) is 10.1. The molecule has 0 saturated heterocycles. The van der Waals surface area contributed by atoms with Crippen molar-refractivity contribution in [3.8, 4) is 0 Å². The number of aromatic amines is 1. The van der Waals surface area contributed by atoms with Gasteiger partial charge in [-0.1, -0.05) is 0 Å². The van der Waals surface area contributed by atoms with E-state index in [0.717, 1.165) is 42.8 Å². The van der Waals surface area contributed by atoms with E-state index in [2.05, 4.69) is 20.6 Å². The maximum absolute atomic E-state index is 12.6. The van der Waals surface area contributed by atoms with Gasteiger partial charge in [-0.05, 0) is 70.1 Å². The second-order valence-electron chi connectivity index (χ2n) is 8.76. The predicted molar refractivity (Wildman–Crippen MR) is 100 cm³/mol. The Bertz CT molecular complexity index is 780. The summed E-state index contributed by atoms with van der Waals surface area (Å²) in [4.78, 5) is 44.2. The van der Waals surface area contributed by atoms with Gasteiger partial charge >= 0.3 is 0 Å². The fraction of sp³-hybridized carbons (Fsp3) is 0.700. The SMILES string of the molecule is CCNC(=O)[C@H](C)NC(=O)c1cnc(C23CC4CC(CC(C4)C2)C3)[nH]c1=O. The molecule has 1 aromatic rings. The van der Waals surface area contributed by atoms with Gasteiger partial charge in [-0.2, -0.15) is 0 Å². The highest BCUT2D eigenvalue weighted by Gasteiger charge is 2.52. The van der Waals surface area contributed by atoms with Crippen LogP contribution in [0.2, 0.25) is 0 Å². The fourth-order valence-corrected chi connectivity index (χ4v) is 5.89. The van der Waals surface area contributed by atoms with Gasteiger partial charge < -0.3 is 15.6 Å². The number of nitrogens with zero attached hydrogens (tertiary/aromatic N) is 1. The van der Waals surface area contributed by atoms with Crippen LogP contribution in [0.3, 0.4) is 0 Å². The number of hydrogen-bond donors (Lipinski definition) is 3. The molecule has 1 atom stereocenters. The molecule has 5 rings (SSSR count). The van der Waals surface area contributed by atoms with E-state index in [1.165, 1.54) is 25.5 Å². The molecule has 1 heterocycles. The predicted octanol–water partition coefficient (Wildman–Crippen LogP) is 1.49. The van der Waals surface area contributed by atoms with E-state index >= 15 is 0 Å². The van der Waals surface area contributed by atoms with Gasteiger partial charge in [0.05, 0.1) is 0 Å². The van der Waals surface area contributed by atoms with Crippen LogP contribution in [0.5, 0.6) is 0 Å². The number of aromatic nitrogens is 2. The fourth-order valence-electron chi connectivity index (χ4n) is 5.89. The molecular weight excluding hydrogens is 344 g/mol. The number of nitrogens with one attached hydrogen (secondary N) is 3. The summed E-state index contributed by atoms with van der Waals surface area (Å²) in [5, 5.41) is 5.21. The molecule has 7 nitrogen and oxygen atoms in total. The van der Waals surface area contributed by atoms with Crippen LogP contribution in [0.4, 0.5) is 0 Å². The minimum Gasteiger partial charge on any atom is -0.355 e. The van der Waals surface area contributed by atoms with E-state index < -0.39 is 17.5 Å². The van der Waals surface area contributed by atoms with Crippen molar-refractivity contribution in [1.29, 1.82) is 0 Å². The van der Waals surface area contributed by atoms with Crippen LogP contribution in [0, 0.1) is 17.8 Å². The first-order valence-corrected chi connectivity index (χ1v) is 10.1. The summed E-state index contributed by atoms with van der Waals surface area (Å²) in [7, 11) is 0. The van der Waals surface area contributed by atoms with E-state index in [1.807, 2.05) is 6.92 Å². The van der Waals surface area contributed by atoms with Crippen molar-refractivity contribution < 1.29 is 9.59 Å². The molecule has 3 N–H and O–H groups in total. The summed E-state index contributed by atoms with van der Waals surface area (Å²) in [5.41, 5.74) is -0.479. The first kappa shape index (κ1) is 18.2. The molecule has 27 heavy (non-hydrogen) atoms. The maximum Gasteiger partial charge on any atom is 0.263 e. The van der Waals surface area contributed by atoms with Crippen LogP contribution in [-0.2, 0) is 10.2 Å². The number of amides is 2.